The SMILES string of the molecule is COc1ccc(CCC(=O)N2CCCN(C(=O)/C=C/c3sc4ccccc4c3Cl)CC2)cc1. The predicted molar refractivity (Wildman–Crippen MR) is 135 cm³/mol. The van der Waals surface area contributed by atoms with Gasteiger partial charge in [-0.25, -0.2) is 0 Å². The molecular formula is C26H27ClN2O3S. The molecule has 33 heavy (non-hydrogen) atoms. The standard InChI is InChI=1S/C26H27ClN2O3S/c1-32-20-10-7-19(8-11-20)9-13-24(30)28-15-4-16-29(18-17-28)25(31)14-12-23-26(27)21-5-2-3-6-22(21)33-23/h2-3,5-8,10-12,14H,4,9,13,15-18H2,1H3/b14-12+. The average Bonchev–Trinajstić information content (AvgIpc) is 3.01. The smallest absolute Gasteiger partial charge is 0.246 e. The third-order valence-corrected chi connectivity index (χ3v) is 7.54. The van der Waals surface area contributed by atoms with Gasteiger partial charge in [0, 0.05) is 53.6 Å². The molecular weight excluding hydrogens is 456 g/mol. The second-order valence-corrected chi connectivity index (χ2v) is 9.48. The van der Waals surface area contributed by atoms with E-state index in [1.807, 2.05) is 58.3 Å². The van der Waals surface area contributed by atoms with Gasteiger partial charge < -0.3 is 14.5 Å². The number of fused-ring (bicyclic) bond motifs is 1. The van der Waals surface area contributed by atoms with E-state index in [2.05, 4.69) is 0 Å². The molecule has 0 aliphatic carbocycles. The molecule has 0 unspecified atom stereocenters. The molecule has 1 fully saturated rings. The summed E-state index contributed by atoms with van der Waals surface area (Å²) in [5.74, 6) is 0.898. The molecule has 3 aromatic rings. The van der Waals surface area contributed by atoms with Crippen LogP contribution in [0.4, 0.5) is 0 Å². The van der Waals surface area contributed by atoms with Crippen LogP contribution in [-0.2, 0) is 16.0 Å². The Hall–Kier alpha value is -2.83. The minimum atomic E-state index is -0.0453. The zero-order valence-corrected chi connectivity index (χ0v) is 20.2. The highest BCUT2D eigenvalue weighted by Crippen LogP contribution is 2.35. The van der Waals surface area contributed by atoms with Crippen LogP contribution >= 0.6 is 22.9 Å². The fourth-order valence-corrected chi connectivity index (χ4v) is 5.38. The summed E-state index contributed by atoms with van der Waals surface area (Å²) in [4.78, 5) is 30.1. The highest BCUT2D eigenvalue weighted by atomic mass is 35.5. The number of carbonyl (C=O) groups excluding carboxylic acids is 2. The van der Waals surface area contributed by atoms with Gasteiger partial charge in [-0.1, -0.05) is 41.9 Å². The summed E-state index contributed by atoms with van der Waals surface area (Å²) < 4.78 is 6.28. The van der Waals surface area contributed by atoms with Gasteiger partial charge in [-0.3, -0.25) is 9.59 Å². The Labute approximate surface area is 203 Å². The lowest BCUT2D eigenvalue weighted by molar-refractivity contribution is -0.132. The zero-order valence-electron chi connectivity index (χ0n) is 18.6. The Kier molecular flexibility index (Phi) is 7.68. The van der Waals surface area contributed by atoms with Crippen LogP contribution in [0.5, 0.6) is 5.75 Å². The van der Waals surface area contributed by atoms with Gasteiger partial charge in [-0.2, -0.15) is 0 Å². The van der Waals surface area contributed by atoms with Gasteiger partial charge >= 0.3 is 0 Å². The first-order valence-electron chi connectivity index (χ1n) is 11.1. The first-order chi connectivity index (χ1) is 16.0. The van der Waals surface area contributed by atoms with Crippen molar-refractivity contribution >= 4 is 50.9 Å². The lowest BCUT2D eigenvalue weighted by Crippen LogP contribution is -2.36. The van der Waals surface area contributed by atoms with Crippen LogP contribution in [0, 0.1) is 0 Å². The minimum absolute atomic E-state index is 0.0453. The molecule has 0 radical (unpaired) electrons. The first kappa shape index (κ1) is 23.3. The van der Waals surface area contributed by atoms with Crippen molar-refractivity contribution in [2.24, 2.45) is 0 Å². The molecule has 0 atom stereocenters. The molecule has 1 aliphatic rings. The maximum Gasteiger partial charge on any atom is 0.246 e. The summed E-state index contributed by atoms with van der Waals surface area (Å²) in [7, 11) is 1.64. The number of methoxy groups -OCH3 is 1. The van der Waals surface area contributed by atoms with E-state index in [-0.39, 0.29) is 11.8 Å². The molecule has 7 heteroatoms. The van der Waals surface area contributed by atoms with Gasteiger partial charge in [-0.15, -0.1) is 11.3 Å². The predicted octanol–water partition coefficient (Wildman–Crippen LogP) is 5.27. The number of amides is 2. The average molecular weight is 483 g/mol. The Morgan fingerprint density at radius 2 is 1.76 bits per heavy atom. The van der Waals surface area contributed by atoms with E-state index in [1.54, 1.807) is 30.6 Å². The molecule has 1 aromatic heterocycles. The fraction of sp³-hybridized carbons (Fsp3) is 0.308. The zero-order chi connectivity index (χ0) is 23.2. The Morgan fingerprint density at radius 1 is 1.03 bits per heavy atom. The fourth-order valence-electron chi connectivity index (χ4n) is 3.98. The number of ether oxygens (including phenoxy) is 1. The number of hydrogen-bond donors (Lipinski definition) is 0. The molecule has 4 rings (SSSR count). The number of aryl methyl sites for hydroxylation is 1. The van der Waals surface area contributed by atoms with Crippen LogP contribution < -0.4 is 4.74 Å². The van der Waals surface area contributed by atoms with Gasteiger partial charge in [0.15, 0.2) is 0 Å². The highest BCUT2D eigenvalue weighted by Gasteiger charge is 2.21. The summed E-state index contributed by atoms with van der Waals surface area (Å²) >= 11 is 8.06. The molecule has 0 N–H and O–H groups in total. The molecule has 0 saturated carbocycles. The third kappa shape index (κ3) is 5.75. The van der Waals surface area contributed by atoms with Gasteiger partial charge in [0.05, 0.1) is 12.1 Å². The summed E-state index contributed by atoms with van der Waals surface area (Å²) in [5, 5.41) is 1.69. The number of thiophene rings is 1. The van der Waals surface area contributed by atoms with Crippen molar-refractivity contribution in [3.8, 4) is 5.75 Å². The second-order valence-electron chi connectivity index (χ2n) is 8.02. The lowest BCUT2D eigenvalue weighted by Gasteiger charge is -2.21. The minimum Gasteiger partial charge on any atom is -0.497 e. The molecule has 5 nitrogen and oxygen atoms in total. The Morgan fingerprint density at radius 3 is 2.52 bits per heavy atom. The maximum atomic E-state index is 12.8. The van der Waals surface area contributed by atoms with Crippen LogP contribution in [0.3, 0.4) is 0 Å². The molecule has 2 heterocycles. The number of halogens is 1. The first-order valence-corrected chi connectivity index (χ1v) is 12.3. The van der Waals surface area contributed by atoms with Crippen molar-refractivity contribution in [3.63, 3.8) is 0 Å². The van der Waals surface area contributed by atoms with E-state index in [9.17, 15) is 9.59 Å². The quantitative estimate of drug-likeness (QED) is 0.450. The summed E-state index contributed by atoms with van der Waals surface area (Å²) in [6, 6.07) is 15.8. The van der Waals surface area contributed by atoms with Crippen molar-refractivity contribution in [2.75, 3.05) is 33.3 Å². The summed E-state index contributed by atoms with van der Waals surface area (Å²) in [6.45, 7) is 2.42. The molecule has 172 valence electrons. The summed E-state index contributed by atoms with van der Waals surface area (Å²) in [5.41, 5.74) is 1.11. The lowest BCUT2D eigenvalue weighted by atomic mass is 10.1. The van der Waals surface area contributed by atoms with E-state index in [0.29, 0.717) is 44.0 Å². The van der Waals surface area contributed by atoms with Crippen LogP contribution in [0.25, 0.3) is 16.2 Å². The van der Waals surface area contributed by atoms with E-state index < -0.39 is 0 Å². The topological polar surface area (TPSA) is 49.9 Å². The van der Waals surface area contributed by atoms with Crippen LogP contribution in [-0.4, -0.2) is 54.9 Å². The van der Waals surface area contributed by atoms with Gasteiger partial charge in [0.1, 0.15) is 5.75 Å². The van der Waals surface area contributed by atoms with E-state index in [4.69, 9.17) is 16.3 Å². The third-order valence-electron chi connectivity index (χ3n) is 5.88. The summed E-state index contributed by atoms with van der Waals surface area (Å²) in [6.07, 6.45) is 5.33. The molecule has 1 aliphatic heterocycles. The van der Waals surface area contributed by atoms with E-state index in [0.717, 1.165) is 32.7 Å². The largest absolute Gasteiger partial charge is 0.497 e. The number of carbonyl (C=O) groups is 2. The van der Waals surface area contributed by atoms with Crippen molar-refractivity contribution in [2.45, 2.75) is 19.3 Å². The molecule has 0 bridgehead atoms. The van der Waals surface area contributed by atoms with Gasteiger partial charge in [0.25, 0.3) is 0 Å². The second kappa shape index (κ2) is 10.9. The molecule has 0 spiro atoms. The van der Waals surface area contributed by atoms with Crippen LogP contribution in [0.2, 0.25) is 5.02 Å². The molecule has 2 amide bonds. The van der Waals surface area contributed by atoms with E-state index >= 15 is 0 Å². The van der Waals surface area contributed by atoms with Crippen molar-refractivity contribution in [1.29, 1.82) is 0 Å². The maximum absolute atomic E-state index is 12.8. The normalized spacial score (nSPS) is 14.6. The number of hydrogen-bond acceptors (Lipinski definition) is 4. The van der Waals surface area contributed by atoms with Crippen molar-refractivity contribution in [1.82, 2.24) is 9.80 Å². The monoisotopic (exact) mass is 482 g/mol. The number of nitrogens with zero attached hydrogens (tertiary/aromatic N) is 2. The van der Waals surface area contributed by atoms with Crippen molar-refractivity contribution in [3.05, 3.63) is 70.1 Å². The van der Waals surface area contributed by atoms with E-state index in [1.165, 1.54) is 0 Å². The van der Waals surface area contributed by atoms with Gasteiger partial charge in [-0.05, 0) is 42.7 Å². The molecule has 1 saturated heterocycles. The molecule has 2 aromatic carbocycles. The van der Waals surface area contributed by atoms with Crippen molar-refractivity contribution < 1.29 is 14.3 Å². The van der Waals surface area contributed by atoms with Crippen LogP contribution in [0.15, 0.2) is 54.6 Å². The van der Waals surface area contributed by atoms with Crippen LogP contribution in [0.1, 0.15) is 23.3 Å². The number of benzene rings is 2. The highest BCUT2D eigenvalue weighted by molar-refractivity contribution is 7.20. The number of rotatable bonds is 6. The van der Waals surface area contributed by atoms with Gasteiger partial charge in [0.2, 0.25) is 11.8 Å². The Balaban J connectivity index is 1.30. The Bertz CT molecular complexity index is 1160.